The Hall–Kier alpha value is -2.78. The number of rotatable bonds is 7. The van der Waals surface area contributed by atoms with Crippen molar-refractivity contribution in [2.75, 3.05) is 25.5 Å². The number of nitrogens with zero attached hydrogens (tertiary/aromatic N) is 1. The summed E-state index contributed by atoms with van der Waals surface area (Å²) in [5, 5.41) is 2.47. The maximum Gasteiger partial charge on any atom is 0.243 e. The highest BCUT2D eigenvalue weighted by Crippen LogP contribution is 2.16. The SMILES string of the molecule is Cc1ccc(C)c(S(=O)(=O)NCC(=O)N(C)CC(=O)Nc2cccc(F)c2)c1. The fraction of sp³-hybridized carbons (Fsp3) is 0.263. The van der Waals surface area contributed by atoms with Crippen LogP contribution in [0.5, 0.6) is 0 Å². The molecule has 0 bridgehead atoms. The van der Waals surface area contributed by atoms with Crippen LogP contribution in [0, 0.1) is 19.7 Å². The Kier molecular flexibility index (Phi) is 6.87. The number of hydrogen-bond acceptors (Lipinski definition) is 4. The molecular formula is C19H22FN3O4S. The van der Waals surface area contributed by atoms with Gasteiger partial charge in [-0.25, -0.2) is 17.5 Å². The number of benzene rings is 2. The number of carbonyl (C=O) groups is 2. The van der Waals surface area contributed by atoms with Gasteiger partial charge in [0, 0.05) is 12.7 Å². The Morgan fingerprint density at radius 2 is 1.82 bits per heavy atom. The summed E-state index contributed by atoms with van der Waals surface area (Å²) in [7, 11) is -2.49. The first kappa shape index (κ1) is 21.5. The van der Waals surface area contributed by atoms with Crippen molar-refractivity contribution >= 4 is 27.5 Å². The number of likely N-dealkylation sites (N-methyl/N-ethyl adjacent to an activating group) is 1. The van der Waals surface area contributed by atoms with Crippen molar-refractivity contribution in [3.63, 3.8) is 0 Å². The van der Waals surface area contributed by atoms with Crippen LogP contribution in [0.1, 0.15) is 11.1 Å². The van der Waals surface area contributed by atoms with Crippen LogP contribution in [0.4, 0.5) is 10.1 Å². The Labute approximate surface area is 163 Å². The third-order valence-corrected chi connectivity index (χ3v) is 5.50. The lowest BCUT2D eigenvalue weighted by atomic mass is 10.2. The first-order chi connectivity index (χ1) is 13.1. The second-order valence-electron chi connectivity index (χ2n) is 6.40. The van der Waals surface area contributed by atoms with Crippen LogP contribution >= 0.6 is 0 Å². The summed E-state index contributed by atoms with van der Waals surface area (Å²) in [5.74, 6) is -1.61. The van der Waals surface area contributed by atoms with E-state index in [2.05, 4.69) is 10.0 Å². The average molecular weight is 407 g/mol. The van der Waals surface area contributed by atoms with Gasteiger partial charge in [-0.2, -0.15) is 0 Å². The van der Waals surface area contributed by atoms with Crippen LogP contribution in [0.25, 0.3) is 0 Å². The van der Waals surface area contributed by atoms with E-state index in [1.807, 2.05) is 0 Å². The van der Waals surface area contributed by atoms with Gasteiger partial charge in [0.25, 0.3) is 0 Å². The van der Waals surface area contributed by atoms with Gasteiger partial charge in [-0.15, -0.1) is 0 Å². The maximum absolute atomic E-state index is 13.1. The van der Waals surface area contributed by atoms with Crippen molar-refractivity contribution in [1.82, 2.24) is 9.62 Å². The Bertz CT molecular complexity index is 992. The summed E-state index contributed by atoms with van der Waals surface area (Å²) in [4.78, 5) is 25.3. The molecular weight excluding hydrogens is 385 g/mol. The predicted octanol–water partition coefficient (Wildman–Crippen LogP) is 1.82. The van der Waals surface area contributed by atoms with Gasteiger partial charge in [-0.1, -0.05) is 18.2 Å². The molecule has 0 fully saturated rings. The van der Waals surface area contributed by atoms with Crippen LogP contribution in [0.2, 0.25) is 0 Å². The molecule has 0 aliphatic rings. The molecule has 9 heteroatoms. The van der Waals surface area contributed by atoms with Crippen molar-refractivity contribution in [1.29, 1.82) is 0 Å². The molecule has 0 unspecified atom stereocenters. The Balaban J connectivity index is 1.93. The Morgan fingerprint density at radius 1 is 1.11 bits per heavy atom. The van der Waals surface area contributed by atoms with E-state index < -0.39 is 34.2 Å². The molecule has 0 heterocycles. The number of amides is 2. The van der Waals surface area contributed by atoms with Crippen LogP contribution < -0.4 is 10.0 Å². The second-order valence-corrected chi connectivity index (χ2v) is 8.14. The van der Waals surface area contributed by atoms with Crippen molar-refractivity contribution in [3.8, 4) is 0 Å². The molecule has 2 aromatic carbocycles. The molecule has 2 aromatic rings. The summed E-state index contributed by atoms with van der Waals surface area (Å²) in [6.45, 7) is 2.65. The summed E-state index contributed by atoms with van der Waals surface area (Å²) in [6.07, 6.45) is 0. The number of hydrogen-bond donors (Lipinski definition) is 2. The molecule has 7 nitrogen and oxygen atoms in total. The summed E-state index contributed by atoms with van der Waals surface area (Å²) in [6, 6.07) is 10.4. The first-order valence-electron chi connectivity index (χ1n) is 8.45. The van der Waals surface area contributed by atoms with E-state index in [0.29, 0.717) is 5.56 Å². The number of anilines is 1. The van der Waals surface area contributed by atoms with Gasteiger partial charge >= 0.3 is 0 Å². The zero-order chi connectivity index (χ0) is 20.9. The number of nitrogens with one attached hydrogen (secondary N) is 2. The largest absolute Gasteiger partial charge is 0.335 e. The molecule has 150 valence electrons. The number of halogens is 1. The van der Waals surface area contributed by atoms with Crippen molar-refractivity contribution < 1.29 is 22.4 Å². The van der Waals surface area contributed by atoms with E-state index in [1.165, 1.54) is 31.3 Å². The molecule has 0 aromatic heterocycles. The number of aryl methyl sites for hydroxylation is 2. The van der Waals surface area contributed by atoms with Crippen LogP contribution in [0.3, 0.4) is 0 Å². The summed E-state index contributed by atoms with van der Waals surface area (Å²) < 4.78 is 40.2. The molecule has 0 aliphatic carbocycles. The van der Waals surface area contributed by atoms with Gasteiger partial charge in [0.2, 0.25) is 21.8 Å². The lowest BCUT2D eigenvalue weighted by Gasteiger charge is -2.17. The minimum Gasteiger partial charge on any atom is -0.335 e. The summed E-state index contributed by atoms with van der Waals surface area (Å²) >= 11 is 0. The third kappa shape index (κ3) is 5.86. The molecule has 0 spiro atoms. The lowest BCUT2D eigenvalue weighted by Crippen LogP contribution is -2.41. The topological polar surface area (TPSA) is 95.6 Å². The van der Waals surface area contributed by atoms with E-state index in [-0.39, 0.29) is 17.1 Å². The van der Waals surface area contributed by atoms with Gasteiger partial charge in [-0.3, -0.25) is 9.59 Å². The molecule has 0 saturated heterocycles. The zero-order valence-electron chi connectivity index (χ0n) is 15.8. The molecule has 2 N–H and O–H groups in total. The van der Waals surface area contributed by atoms with Gasteiger partial charge in [0.05, 0.1) is 18.0 Å². The molecule has 2 amide bonds. The average Bonchev–Trinajstić information content (AvgIpc) is 2.61. The van der Waals surface area contributed by atoms with Gasteiger partial charge < -0.3 is 10.2 Å². The number of carbonyl (C=O) groups excluding carboxylic acids is 2. The normalized spacial score (nSPS) is 11.1. The van der Waals surface area contributed by atoms with E-state index in [9.17, 15) is 22.4 Å². The molecule has 0 radical (unpaired) electrons. The van der Waals surface area contributed by atoms with Gasteiger partial charge in [0.1, 0.15) is 5.82 Å². The smallest absolute Gasteiger partial charge is 0.243 e. The molecule has 0 aliphatic heterocycles. The predicted molar refractivity (Wildman–Crippen MR) is 104 cm³/mol. The summed E-state index contributed by atoms with van der Waals surface area (Å²) in [5.41, 5.74) is 1.61. The molecule has 2 rings (SSSR count). The minimum atomic E-state index is -3.86. The Morgan fingerprint density at radius 3 is 2.50 bits per heavy atom. The minimum absolute atomic E-state index is 0.104. The highest BCUT2D eigenvalue weighted by molar-refractivity contribution is 7.89. The van der Waals surface area contributed by atoms with E-state index in [1.54, 1.807) is 26.0 Å². The monoisotopic (exact) mass is 407 g/mol. The third-order valence-electron chi connectivity index (χ3n) is 3.96. The molecule has 0 atom stereocenters. The lowest BCUT2D eigenvalue weighted by molar-refractivity contribution is -0.132. The van der Waals surface area contributed by atoms with Crippen molar-refractivity contribution in [3.05, 3.63) is 59.4 Å². The molecule has 28 heavy (non-hydrogen) atoms. The van der Waals surface area contributed by atoms with Gasteiger partial charge in [0.15, 0.2) is 0 Å². The van der Waals surface area contributed by atoms with E-state index in [0.717, 1.165) is 16.5 Å². The van der Waals surface area contributed by atoms with Crippen molar-refractivity contribution in [2.24, 2.45) is 0 Å². The van der Waals surface area contributed by atoms with Crippen LogP contribution in [0.15, 0.2) is 47.4 Å². The highest BCUT2D eigenvalue weighted by Gasteiger charge is 2.20. The van der Waals surface area contributed by atoms with E-state index >= 15 is 0 Å². The van der Waals surface area contributed by atoms with Gasteiger partial charge in [-0.05, 0) is 49.2 Å². The molecule has 0 saturated carbocycles. The number of sulfonamides is 1. The fourth-order valence-corrected chi connectivity index (χ4v) is 3.74. The quantitative estimate of drug-likeness (QED) is 0.732. The standard InChI is InChI=1S/C19H22FN3O4S/c1-13-7-8-14(2)17(9-13)28(26,27)21-11-19(25)23(3)12-18(24)22-16-6-4-5-15(20)10-16/h4-10,21H,11-12H2,1-3H3,(H,22,24). The van der Waals surface area contributed by atoms with Crippen LogP contribution in [-0.4, -0.2) is 45.3 Å². The zero-order valence-corrected chi connectivity index (χ0v) is 16.6. The highest BCUT2D eigenvalue weighted by atomic mass is 32.2. The van der Waals surface area contributed by atoms with Crippen molar-refractivity contribution in [2.45, 2.75) is 18.7 Å². The second kappa shape index (κ2) is 8.94. The van der Waals surface area contributed by atoms with E-state index in [4.69, 9.17) is 0 Å². The fourth-order valence-electron chi connectivity index (χ4n) is 2.44. The maximum atomic E-state index is 13.1. The van der Waals surface area contributed by atoms with Crippen LogP contribution in [-0.2, 0) is 19.6 Å². The first-order valence-corrected chi connectivity index (χ1v) is 9.93.